The Labute approximate surface area is 226 Å². The molecule has 0 N–H and O–H groups in total. The van der Waals surface area contributed by atoms with Crippen LogP contribution < -0.4 is 0 Å². The Morgan fingerprint density at radius 1 is 0.500 bits per heavy atom. The Hall–Kier alpha value is -3.83. The summed E-state index contributed by atoms with van der Waals surface area (Å²) in [5.74, 6) is 0. The number of hydrogen-bond acceptors (Lipinski definition) is 2. The van der Waals surface area contributed by atoms with Crippen LogP contribution in [0.15, 0.2) is 143 Å². The SMILES string of the molecule is Cc1cc(/C(=N/c2ccccc2)c2ccccc2)c(I)cc1/C(=N/c1ccccc1)c1ccccc1. The first-order valence-corrected chi connectivity index (χ1v) is 13.0. The number of nitrogens with zero attached hydrogens (tertiary/aromatic N) is 2. The van der Waals surface area contributed by atoms with Gasteiger partial charge < -0.3 is 0 Å². The van der Waals surface area contributed by atoms with Gasteiger partial charge in [-0.25, -0.2) is 9.98 Å². The van der Waals surface area contributed by atoms with E-state index in [0.29, 0.717) is 0 Å². The van der Waals surface area contributed by atoms with Crippen LogP contribution in [-0.4, -0.2) is 11.4 Å². The molecule has 0 unspecified atom stereocenters. The fourth-order valence-corrected chi connectivity index (χ4v) is 4.86. The van der Waals surface area contributed by atoms with Crippen LogP contribution in [0.25, 0.3) is 0 Å². The van der Waals surface area contributed by atoms with Crippen molar-refractivity contribution in [3.05, 3.63) is 165 Å². The molecule has 5 rings (SSSR count). The summed E-state index contributed by atoms with van der Waals surface area (Å²) in [6, 6.07) is 45.5. The summed E-state index contributed by atoms with van der Waals surface area (Å²) < 4.78 is 1.13. The average molecular weight is 576 g/mol. The summed E-state index contributed by atoms with van der Waals surface area (Å²) in [4.78, 5) is 10.2. The summed E-state index contributed by atoms with van der Waals surface area (Å²) in [6.07, 6.45) is 0. The van der Waals surface area contributed by atoms with E-state index in [1.807, 2.05) is 72.8 Å². The topological polar surface area (TPSA) is 24.7 Å². The fourth-order valence-electron chi connectivity index (χ4n) is 4.13. The van der Waals surface area contributed by atoms with E-state index in [2.05, 4.69) is 90.2 Å². The minimum Gasteiger partial charge on any atom is -0.248 e. The zero-order chi connectivity index (χ0) is 24.7. The third kappa shape index (κ3) is 5.52. The predicted octanol–water partition coefficient (Wildman–Crippen LogP) is 8.94. The zero-order valence-corrected chi connectivity index (χ0v) is 22.1. The first kappa shape index (κ1) is 23.9. The number of hydrogen-bond donors (Lipinski definition) is 0. The predicted molar refractivity (Wildman–Crippen MR) is 160 cm³/mol. The largest absolute Gasteiger partial charge is 0.248 e. The Morgan fingerprint density at radius 2 is 0.889 bits per heavy atom. The molecule has 0 aliphatic rings. The summed E-state index contributed by atoms with van der Waals surface area (Å²) >= 11 is 2.44. The molecule has 0 fully saturated rings. The van der Waals surface area contributed by atoms with E-state index >= 15 is 0 Å². The minimum absolute atomic E-state index is 0.935. The summed E-state index contributed by atoms with van der Waals surface area (Å²) in [7, 11) is 0. The maximum atomic E-state index is 5.08. The van der Waals surface area contributed by atoms with E-state index in [-0.39, 0.29) is 0 Å². The molecule has 0 radical (unpaired) electrons. The number of halogens is 1. The molecular weight excluding hydrogens is 551 g/mol. The highest BCUT2D eigenvalue weighted by atomic mass is 127. The van der Waals surface area contributed by atoms with Gasteiger partial charge >= 0.3 is 0 Å². The smallest absolute Gasteiger partial charge is 0.0792 e. The molecule has 0 aromatic heterocycles. The Morgan fingerprint density at radius 3 is 1.33 bits per heavy atom. The molecule has 3 heteroatoms. The van der Waals surface area contributed by atoms with Crippen LogP contribution in [-0.2, 0) is 0 Å². The Balaban J connectivity index is 1.67. The lowest BCUT2D eigenvalue weighted by atomic mass is 9.93. The van der Waals surface area contributed by atoms with Gasteiger partial charge in [-0.1, -0.05) is 97.1 Å². The lowest BCUT2D eigenvalue weighted by Gasteiger charge is -2.16. The molecule has 0 atom stereocenters. The van der Waals surface area contributed by atoms with Gasteiger partial charge in [0.25, 0.3) is 0 Å². The third-order valence-corrected chi connectivity index (χ3v) is 6.81. The van der Waals surface area contributed by atoms with Gasteiger partial charge in [0.05, 0.1) is 22.8 Å². The van der Waals surface area contributed by atoms with Crippen LogP contribution in [0, 0.1) is 10.5 Å². The van der Waals surface area contributed by atoms with Crippen LogP contribution in [0.5, 0.6) is 0 Å². The summed E-state index contributed by atoms with van der Waals surface area (Å²) in [5.41, 5.74) is 9.36. The van der Waals surface area contributed by atoms with Gasteiger partial charge in [-0.05, 0) is 71.5 Å². The molecule has 0 aliphatic heterocycles. The molecule has 0 saturated heterocycles. The van der Waals surface area contributed by atoms with Gasteiger partial charge in [0.15, 0.2) is 0 Å². The van der Waals surface area contributed by atoms with Crippen LogP contribution in [0.1, 0.15) is 27.8 Å². The van der Waals surface area contributed by atoms with Crippen molar-refractivity contribution >= 4 is 45.4 Å². The molecule has 0 saturated carbocycles. The maximum absolute atomic E-state index is 5.08. The molecule has 2 nitrogen and oxygen atoms in total. The van der Waals surface area contributed by atoms with E-state index < -0.39 is 0 Å². The number of aliphatic imine (C=N–C) groups is 2. The van der Waals surface area contributed by atoms with Crippen molar-refractivity contribution in [3.8, 4) is 0 Å². The van der Waals surface area contributed by atoms with E-state index in [1.165, 1.54) is 0 Å². The van der Waals surface area contributed by atoms with Crippen LogP contribution in [0.4, 0.5) is 11.4 Å². The van der Waals surface area contributed by atoms with Crippen LogP contribution >= 0.6 is 22.6 Å². The molecule has 0 bridgehead atoms. The number of aryl methyl sites for hydroxylation is 1. The molecule has 36 heavy (non-hydrogen) atoms. The lowest BCUT2D eigenvalue weighted by Crippen LogP contribution is -2.11. The van der Waals surface area contributed by atoms with Crippen molar-refractivity contribution in [2.24, 2.45) is 9.98 Å². The quantitative estimate of drug-likeness (QED) is 0.142. The van der Waals surface area contributed by atoms with Gasteiger partial charge in [0, 0.05) is 25.8 Å². The molecular formula is C33H25IN2. The van der Waals surface area contributed by atoms with Gasteiger partial charge in [-0.2, -0.15) is 0 Å². The lowest BCUT2D eigenvalue weighted by molar-refractivity contribution is 1.37. The second-order valence-corrected chi connectivity index (χ2v) is 9.63. The van der Waals surface area contributed by atoms with Gasteiger partial charge in [0.1, 0.15) is 0 Å². The van der Waals surface area contributed by atoms with Crippen molar-refractivity contribution in [1.29, 1.82) is 0 Å². The molecule has 0 spiro atoms. The Bertz CT molecular complexity index is 1390. The second kappa shape index (κ2) is 11.3. The first-order chi connectivity index (χ1) is 17.7. The second-order valence-electron chi connectivity index (χ2n) is 8.47. The normalized spacial score (nSPS) is 11.9. The van der Waals surface area contributed by atoms with Crippen LogP contribution in [0.2, 0.25) is 0 Å². The Kier molecular flexibility index (Phi) is 7.48. The van der Waals surface area contributed by atoms with Crippen molar-refractivity contribution in [2.75, 3.05) is 0 Å². The molecule has 174 valence electrons. The van der Waals surface area contributed by atoms with Crippen molar-refractivity contribution in [3.63, 3.8) is 0 Å². The monoisotopic (exact) mass is 576 g/mol. The van der Waals surface area contributed by atoms with Gasteiger partial charge in [-0.3, -0.25) is 0 Å². The van der Waals surface area contributed by atoms with Crippen molar-refractivity contribution in [1.82, 2.24) is 0 Å². The van der Waals surface area contributed by atoms with E-state index in [1.54, 1.807) is 0 Å². The fraction of sp³-hybridized carbons (Fsp3) is 0.0303. The summed E-state index contributed by atoms with van der Waals surface area (Å²) in [6.45, 7) is 2.16. The minimum atomic E-state index is 0.935. The van der Waals surface area contributed by atoms with Crippen LogP contribution in [0.3, 0.4) is 0 Å². The zero-order valence-electron chi connectivity index (χ0n) is 20.0. The van der Waals surface area contributed by atoms with Gasteiger partial charge in [-0.15, -0.1) is 0 Å². The standard InChI is InChI=1S/C33H25IN2/c1-24-22-30(33(26-16-8-3-9-17-26)36-28-20-12-5-13-21-28)31(34)23-29(24)32(25-14-6-2-7-15-25)35-27-18-10-4-11-19-27/h2-23H,1H3/b35-32+,36-33+. The molecule has 0 aliphatic carbocycles. The third-order valence-electron chi connectivity index (χ3n) is 5.91. The van der Waals surface area contributed by atoms with E-state index in [4.69, 9.17) is 9.98 Å². The van der Waals surface area contributed by atoms with E-state index in [0.717, 1.165) is 54.2 Å². The number of rotatable bonds is 6. The highest BCUT2D eigenvalue weighted by molar-refractivity contribution is 14.1. The van der Waals surface area contributed by atoms with E-state index in [9.17, 15) is 0 Å². The molecule has 0 amide bonds. The maximum Gasteiger partial charge on any atom is 0.0792 e. The molecule has 5 aromatic rings. The van der Waals surface area contributed by atoms with Crippen molar-refractivity contribution in [2.45, 2.75) is 6.92 Å². The summed E-state index contributed by atoms with van der Waals surface area (Å²) in [5, 5.41) is 0. The molecule has 0 heterocycles. The number of para-hydroxylation sites is 2. The average Bonchev–Trinajstić information content (AvgIpc) is 2.94. The highest BCUT2D eigenvalue weighted by Gasteiger charge is 2.17. The molecule has 5 aromatic carbocycles. The van der Waals surface area contributed by atoms with Gasteiger partial charge in [0.2, 0.25) is 0 Å². The number of benzene rings is 5. The first-order valence-electron chi connectivity index (χ1n) is 11.9. The highest BCUT2D eigenvalue weighted by Crippen LogP contribution is 2.27. The van der Waals surface area contributed by atoms with Crippen molar-refractivity contribution < 1.29 is 0 Å².